The second-order valence-electron chi connectivity index (χ2n) is 1.59. The van der Waals surface area contributed by atoms with Crippen LogP contribution in [0.5, 0.6) is 0 Å². The smallest absolute Gasteiger partial charge is 0.310 e. The lowest BCUT2D eigenvalue weighted by Crippen LogP contribution is -2.08. The quantitative estimate of drug-likeness (QED) is 0.336. The van der Waals surface area contributed by atoms with Crippen molar-refractivity contribution in [2.75, 3.05) is 20.0 Å². The van der Waals surface area contributed by atoms with Crippen molar-refractivity contribution in [3.63, 3.8) is 0 Å². The van der Waals surface area contributed by atoms with Crippen LogP contribution in [0.15, 0.2) is 0 Å². The van der Waals surface area contributed by atoms with E-state index in [1.807, 2.05) is 6.92 Å². The van der Waals surface area contributed by atoms with E-state index in [1.54, 1.807) is 0 Å². The first kappa shape index (κ1) is 9.39. The van der Waals surface area contributed by atoms with Gasteiger partial charge in [-0.05, 0) is 6.92 Å². The summed E-state index contributed by atoms with van der Waals surface area (Å²) in [5.41, 5.74) is 0. The third kappa shape index (κ3) is 5.53. The lowest BCUT2D eigenvalue weighted by Gasteiger charge is -1.99. The van der Waals surface area contributed by atoms with E-state index in [4.69, 9.17) is 9.84 Å². The summed E-state index contributed by atoms with van der Waals surface area (Å²) in [5, 5.41) is 8.11. The Bertz CT molecular complexity index is 91.7. The molecule has 0 unspecified atom stereocenters. The van der Waals surface area contributed by atoms with Gasteiger partial charge in [0.05, 0.1) is 13.0 Å². The molecule has 0 heterocycles. The molecule has 10 heavy (non-hydrogen) atoms. The Hall–Kier alpha value is -0.610. The predicted octanol–water partition coefficient (Wildman–Crippen LogP) is -0.0940. The molecule has 0 fully saturated rings. The van der Waals surface area contributed by atoms with Crippen molar-refractivity contribution in [2.24, 2.45) is 0 Å². The Kier molecular flexibility index (Phi) is 6.11. The summed E-state index contributed by atoms with van der Waals surface area (Å²) >= 11 is 0. The number of rotatable bonds is 5. The van der Waals surface area contributed by atoms with Crippen LogP contribution in [0, 0.1) is 0 Å². The van der Waals surface area contributed by atoms with Gasteiger partial charge in [0.15, 0.2) is 6.79 Å². The van der Waals surface area contributed by atoms with Gasteiger partial charge in [-0.2, -0.15) is 0 Å². The van der Waals surface area contributed by atoms with Gasteiger partial charge >= 0.3 is 5.97 Å². The van der Waals surface area contributed by atoms with Gasteiger partial charge < -0.3 is 14.6 Å². The Balaban J connectivity index is 3.05. The van der Waals surface area contributed by atoms with Gasteiger partial charge in [0, 0.05) is 6.61 Å². The third-order valence-corrected chi connectivity index (χ3v) is 0.880. The molecule has 0 saturated heterocycles. The molecule has 0 bridgehead atoms. The van der Waals surface area contributed by atoms with Crippen molar-refractivity contribution in [3.8, 4) is 0 Å². The van der Waals surface area contributed by atoms with E-state index < -0.39 is 12.8 Å². The fraction of sp³-hybridized carbons (Fsp3) is 0.833. The zero-order valence-electron chi connectivity index (χ0n) is 6.00. The number of aliphatic hydroxyl groups excluding tert-OH is 1. The average Bonchev–Trinajstić information content (AvgIpc) is 1.89. The SMILES string of the molecule is CCOCCC(=O)OCO. The normalized spacial score (nSPS) is 9.40. The first-order chi connectivity index (χ1) is 4.81. The Labute approximate surface area is 59.7 Å². The van der Waals surface area contributed by atoms with Gasteiger partial charge in [-0.15, -0.1) is 0 Å². The van der Waals surface area contributed by atoms with Crippen LogP contribution < -0.4 is 0 Å². The van der Waals surface area contributed by atoms with Gasteiger partial charge in [-0.25, -0.2) is 0 Å². The molecule has 4 heteroatoms. The second-order valence-corrected chi connectivity index (χ2v) is 1.59. The minimum atomic E-state index is -0.551. The lowest BCUT2D eigenvalue weighted by molar-refractivity contribution is -0.152. The number of carbonyl (C=O) groups is 1. The Morgan fingerprint density at radius 2 is 2.30 bits per heavy atom. The van der Waals surface area contributed by atoms with E-state index in [9.17, 15) is 4.79 Å². The third-order valence-electron chi connectivity index (χ3n) is 0.880. The molecule has 0 atom stereocenters. The van der Waals surface area contributed by atoms with Crippen LogP contribution in [0.2, 0.25) is 0 Å². The molecule has 0 amide bonds. The molecule has 0 spiro atoms. The maximum Gasteiger partial charge on any atom is 0.310 e. The van der Waals surface area contributed by atoms with Crippen LogP contribution >= 0.6 is 0 Å². The molecule has 0 rings (SSSR count). The largest absolute Gasteiger partial charge is 0.439 e. The molecule has 0 aromatic rings. The van der Waals surface area contributed by atoms with Crippen LogP contribution in [0.1, 0.15) is 13.3 Å². The fourth-order valence-electron chi connectivity index (χ4n) is 0.444. The van der Waals surface area contributed by atoms with Crippen molar-refractivity contribution in [3.05, 3.63) is 0 Å². The summed E-state index contributed by atoms with van der Waals surface area (Å²) in [5.74, 6) is -0.434. The Morgan fingerprint density at radius 3 is 2.80 bits per heavy atom. The van der Waals surface area contributed by atoms with E-state index in [0.717, 1.165) is 0 Å². The van der Waals surface area contributed by atoms with Gasteiger partial charge in [-0.1, -0.05) is 0 Å². The van der Waals surface area contributed by atoms with E-state index >= 15 is 0 Å². The minimum absolute atomic E-state index is 0.203. The summed E-state index contributed by atoms with van der Waals surface area (Å²) < 4.78 is 9.09. The highest BCUT2D eigenvalue weighted by Crippen LogP contribution is 1.86. The standard InChI is InChI=1S/C6H12O4/c1-2-9-4-3-6(8)10-5-7/h7H,2-5H2,1H3. The van der Waals surface area contributed by atoms with E-state index in [-0.39, 0.29) is 6.42 Å². The van der Waals surface area contributed by atoms with Gasteiger partial charge in [-0.3, -0.25) is 4.79 Å². The minimum Gasteiger partial charge on any atom is -0.439 e. The van der Waals surface area contributed by atoms with Crippen molar-refractivity contribution < 1.29 is 19.4 Å². The molecule has 60 valence electrons. The van der Waals surface area contributed by atoms with Crippen LogP contribution in [-0.2, 0) is 14.3 Å². The summed E-state index contributed by atoms with van der Waals surface area (Å²) in [6, 6.07) is 0. The number of hydrogen-bond donors (Lipinski definition) is 1. The highest BCUT2D eigenvalue weighted by molar-refractivity contribution is 5.69. The number of esters is 1. The summed E-state index contributed by atoms with van der Waals surface area (Å²) in [6.07, 6.45) is 0.203. The maximum absolute atomic E-state index is 10.5. The molecule has 1 N–H and O–H groups in total. The highest BCUT2D eigenvalue weighted by Gasteiger charge is 1.99. The van der Waals surface area contributed by atoms with Crippen LogP contribution in [-0.4, -0.2) is 31.1 Å². The number of hydrogen-bond acceptors (Lipinski definition) is 4. The van der Waals surface area contributed by atoms with E-state index in [2.05, 4.69) is 4.74 Å². The molecular weight excluding hydrogens is 136 g/mol. The lowest BCUT2D eigenvalue weighted by atomic mass is 10.5. The molecule has 0 aliphatic carbocycles. The first-order valence-electron chi connectivity index (χ1n) is 3.15. The molecule has 0 aromatic heterocycles. The number of aliphatic hydroxyl groups is 1. The highest BCUT2D eigenvalue weighted by atomic mass is 16.6. The van der Waals surface area contributed by atoms with Crippen LogP contribution in [0.4, 0.5) is 0 Å². The molecule has 0 aromatic carbocycles. The zero-order chi connectivity index (χ0) is 7.82. The zero-order valence-corrected chi connectivity index (χ0v) is 6.00. The van der Waals surface area contributed by atoms with Crippen molar-refractivity contribution in [2.45, 2.75) is 13.3 Å². The summed E-state index contributed by atoms with van der Waals surface area (Å²) in [6.45, 7) is 2.24. The maximum atomic E-state index is 10.5. The van der Waals surface area contributed by atoms with Gasteiger partial charge in [0.25, 0.3) is 0 Å². The molecule has 4 nitrogen and oxygen atoms in total. The van der Waals surface area contributed by atoms with Gasteiger partial charge in [0.2, 0.25) is 0 Å². The number of ether oxygens (including phenoxy) is 2. The van der Waals surface area contributed by atoms with Crippen molar-refractivity contribution >= 4 is 5.97 Å². The molecular formula is C6H12O4. The van der Waals surface area contributed by atoms with Gasteiger partial charge in [0.1, 0.15) is 0 Å². The first-order valence-corrected chi connectivity index (χ1v) is 3.15. The number of carbonyl (C=O) groups excluding carboxylic acids is 1. The summed E-state index contributed by atoms with van der Waals surface area (Å²) in [4.78, 5) is 10.5. The van der Waals surface area contributed by atoms with E-state index in [0.29, 0.717) is 13.2 Å². The predicted molar refractivity (Wildman–Crippen MR) is 34.3 cm³/mol. The fourth-order valence-corrected chi connectivity index (χ4v) is 0.444. The topological polar surface area (TPSA) is 55.8 Å². The molecule has 0 aliphatic rings. The Morgan fingerprint density at radius 1 is 1.60 bits per heavy atom. The molecule has 0 aliphatic heterocycles. The molecule has 0 radical (unpaired) electrons. The van der Waals surface area contributed by atoms with Crippen LogP contribution in [0.3, 0.4) is 0 Å². The van der Waals surface area contributed by atoms with E-state index in [1.165, 1.54) is 0 Å². The van der Waals surface area contributed by atoms with Crippen molar-refractivity contribution in [1.29, 1.82) is 0 Å². The monoisotopic (exact) mass is 148 g/mol. The summed E-state index contributed by atoms with van der Waals surface area (Å²) in [7, 11) is 0. The second kappa shape index (κ2) is 6.51. The molecule has 0 saturated carbocycles. The van der Waals surface area contributed by atoms with Crippen molar-refractivity contribution in [1.82, 2.24) is 0 Å². The average molecular weight is 148 g/mol. The van der Waals surface area contributed by atoms with Crippen LogP contribution in [0.25, 0.3) is 0 Å².